The minimum atomic E-state index is -0.625. The number of pyridine rings is 1. The Kier molecular flexibility index (Phi) is 5.89. The third-order valence-electron chi connectivity index (χ3n) is 4.89. The van der Waals surface area contributed by atoms with Gasteiger partial charge in [-0.3, -0.25) is 4.79 Å². The molecule has 0 saturated carbocycles. The van der Waals surface area contributed by atoms with Crippen molar-refractivity contribution in [1.82, 2.24) is 4.98 Å². The summed E-state index contributed by atoms with van der Waals surface area (Å²) in [6.45, 7) is 3.30. The van der Waals surface area contributed by atoms with Crippen molar-refractivity contribution in [1.29, 1.82) is 0 Å². The van der Waals surface area contributed by atoms with Gasteiger partial charge in [0.2, 0.25) is 0 Å². The van der Waals surface area contributed by atoms with Gasteiger partial charge in [0.05, 0.1) is 23.9 Å². The highest BCUT2D eigenvalue weighted by Gasteiger charge is 2.18. The Hall–Kier alpha value is -4.13. The smallest absolute Gasteiger partial charge is 0.339 e. The minimum absolute atomic E-state index is 0.306. The number of nitrogens with zero attached hydrogens (tertiary/aromatic N) is 1. The first-order valence-corrected chi connectivity index (χ1v) is 10.0. The van der Waals surface area contributed by atoms with Crippen LogP contribution in [0, 0.1) is 13.8 Å². The van der Waals surface area contributed by atoms with Crippen LogP contribution in [0.15, 0.2) is 65.1 Å². The van der Waals surface area contributed by atoms with Crippen molar-refractivity contribution in [2.45, 2.75) is 13.8 Å². The molecule has 162 valence electrons. The minimum Gasteiger partial charge on any atom is -0.495 e. The van der Waals surface area contributed by atoms with Crippen molar-refractivity contribution in [2.24, 2.45) is 0 Å². The number of rotatable bonds is 6. The van der Waals surface area contributed by atoms with E-state index in [-0.39, 0.29) is 0 Å². The summed E-state index contributed by atoms with van der Waals surface area (Å²) < 4.78 is 16.2. The molecule has 7 nitrogen and oxygen atoms in total. The van der Waals surface area contributed by atoms with Gasteiger partial charge in [-0.2, -0.15) is 0 Å². The molecule has 0 radical (unpaired) electrons. The van der Waals surface area contributed by atoms with E-state index < -0.39 is 18.5 Å². The lowest BCUT2D eigenvalue weighted by Crippen LogP contribution is -2.21. The maximum Gasteiger partial charge on any atom is 0.339 e. The van der Waals surface area contributed by atoms with Crippen molar-refractivity contribution in [2.75, 3.05) is 19.0 Å². The first kappa shape index (κ1) is 21.1. The summed E-state index contributed by atoms with van der Waals surface area (Å²) in [5, 5.41) is 3.35. The molecule has 32 heavy (non-hydrogen) atoms. The molecule has 2 heterocycles. The molecule has 1 N–H and O–H groups in total. The first-order chi connectivity index (χ1) is 15.4. The highest BCUT2D eigenvalue weighted by molar-refractivity contribution is 6.05. The summed E-state index contributed by atoms with van der Waals surface area (Å²) in [5.74, 6) is 0.713. The van der Waals surface area contributed by atoms with Gasteiger partial charge in [0.25, 0.3) is 5.91 Å². The second-order valence-electron chi connectivity index (χ2n) is 7.31. The van der Waals surface area contributed by atoms with Crippen molar-refractivity contribution >= 4 is 28.5 Å². The van der Waals surface area contributed by atoms with Crippen LogP contribution in [0.4, 0.5) is 5.69 Å². The van der Waals surface area contributed by atoms with Crippen LogP contribution in [-0.2, 0) is 9.53 Å². The third kappa shape index (κ3) is 4.46. The molecule has 4 rings (SSSR count). The summed E-state index contributed by atoms with van der Waals surface area (Å²) in [5.41, 5.74) is 2.92. The molecule has 0 atom stereocenters. The van der Waals surface area contributed by atoms with Crippen LogP contribution in [0.25, 0.3) is 22.4 Å². The summed E-state index contributed by atoms with van der Waals surface area (Å²) >= 11 is 0. The van der Waals surface area contributed by atoms with E-state index in [2.05, 4.69) is 10.3 Å². The molecule has 4 aromatic rings. The zero-order chi connectivity index (χ0) is 22.7. The van der Waals surface area contributed by atoms with Crippen LogP contribution in [0.1, 0.15) is 21.7 Å². The van der Waals surface area contributed by atoms with E-state index in [1.54, 1.807) is 30.3 Å². The van der Waals surface area contributed by atoms with Gasteiger partial charge in [-0.05, 0) is 55.8 Å². The summed E-state index contributed by atoms with van der Waals surface area (Å²) in [6, 6.07) is 17.9. The Morgan fingerprint density at radius 2 is 1.84 bits per heavy atom. The van der Waals surface area contributed by atoms with Crippen LogP contribution < -0.4 is 10.1 Å². The Balaban J connectivity index is 1.55. The van der Waals surface area contributed by atoms with E-state index in [4.69, 9.17) is 13.9 Å². The Morgan fingerprint density at radius 1 is 1.03 bits per heavy atom. The van der Waals surface area contributed by atoms with Gasteiger partial charge in [0.15, 0.2) is 12.4 Å². The SMILES string of the molecule is COc1ccc(C)cc1NC(=O)COC(=O)c1cc(-c2ccc(C)o2)nc2ccccc12. The lowest BCUT2D eigenvalue weighted by molar-refractivity contribution is -0.119. The molecular weight excluding hydrogens is 408 g/mol. The quantitative estimate of drug-likeness (QED) is 0.437. The number of nitrogens with one attached hydrogen (secondary N) is 1. The van der Waals surface area contributed by atoms with E-state index in [9.17, 15) is 9.59 Å². The number of carbonyl (C=O) groups is 2. The molecule has 0 saturated heterocycles. The number of esters is 1. The zero-order valence-corrected chi connectivity index (χ0v) is 18.0. The van der Waals surface area contributed by atoms with Crippen LogP contribution in [0.2, 0.25) is 0 Å². The Bertz CT molecular complexity index is 1310. The molecule has 0 spiro atoms. The van der Waals surface area contributed by atoms with Crippen LogP contribution in [-0.4, -0.2) is 30.6 Å². The lowest BCUT2D eigenvalue weighted by Gasteiger charge is -2.12. The van der Waals surface area contributed by atoms with Gasteiger partial charge in [-0.15, -0.1) is 0 Å². The van der Waals surface area contributed by atoms with E-state index in [1.807, 2.05) is 44.2 Å². The maximum absolute atomic E-state index is 12.9. The van der Waals surface area contributed by atoms with Gasteiger partial charge < -0.3 is 19.2 Å². The average molecular weight is 430 g/mol. The number of aryl methyl sites for hydroxylation is 2. The number of furan rings is 1. The van der Waals surface area contributed by atoms with E-state index >= 15 is 0 Å². The Morgan fingerprint density at radius 3 is 2.59 bits per heavy atom. The van der Waals surface area contributed by atoms with Gasteiger partial charge in [0.1, 0.15) is 17.2 Å². The van der Waals surface area contributed by atoms with E-state index in [0.29, 0.717) is 39.4 Å². The van der Waals surface area contributed by atoms with Gasteiger partial charge in [-0.25, -0.2) is 9.78 Å². The number of anilines is 1. The summed E-state index contributed by atoms with van der Waals surface area (Å²) in [6.07, 6.45) is 0. The number of hydrogen-bond acceptors (Lipinski definition) is 6. The number of amides is 1. The predicted octanol–water partition coefficient (Wildman–Crippen LogP) is 4.92. The first-order valence-electron chi connectivity index (χ1n) is 10.0. The Labute approximate surface area is 185 Å². The molecule has 0 unspecified atom stereocenters. The fourth-order valence-electron chi connectivity index (χ4n) is 3.36. The van der Waals surface area contributed by atoms with Crippen molar-refractivity contribution in [3.63, 3.8) is 0 Å². The van der Waals surface area contributed by atoms with Gasteiger partial charge >= 0.3 is 5.97 Å². The fraction of sp³-hybridized carbons (Fsp3) is 0.160. The molecule has 0 fully saturated rings. The van der Waals surface area contributed by atoms with Gasteiger partial charge in [-0.1, -0.05) is 24.3 Å². The molecular formula is C25H22N2O5. The number of para-hydroxylation sites is 1. The number of benzene rings is 2. The van der Waals surface area contributed by atoms with Crippen molar-refractivity contribution < 1.29 is 23.5 Å². The molecule has 2 aromatic heterocycles. The predicted molar refractivity (Wildman–Crippen MR) is 121 cm³/mol. The number of carbonyl (C=O) groups excluding carboxylic acids is 2. The van der Waals surface area contributed by atoms with E-state index in [0.717, 1.165) is 11.3 Å². The second kappa shape index (κ2) is 8.93. The normalized spacial score (nSPS) is 10.7. The monoisotopic (exact) mass is 430 g/mol. The molecule has 7 heteroatoms. The van der Waals surface area contributed by atoms with E-state index in [1.165, 1.54) is 7.11 Å². The van der Waals surface area contributed by atoms with Crippen molar-refractivity contribution in [3.8, 4) is 17.2 Å². The maximum atomic E-state index is 12.9. The third-order valence-corrected chi connectivity index (χ3v) is 4.89. The summed E-state index contributed by atoms with van der Waals surface area (Å²) in [7, 11) is 1.52. The zero-order valence-electron chi connectivity index (χ0n) is 18.0. The number of fused-ring (bicyclic) bond motifs is 1. The highest BCUT2D eigenvalue weighted by Crippen LogP contribution is 2.27. The standard InChI is InChI=1S/C25H22N2O5/c1-15-8-10-22(30-3)20(12-15)27-24(28)14-31-25(29)18-13-21(23-11-9-16(2)32-23)26-19-7-5-4-6-17(18)19/h4-13H,14H2,1-3H3,(H,27,28). The van der Waals surface area contributed by atoms with Gasteiger partial charge in [0, 0.05) is 5.39 Å². The number of ether oxygens (including phenoxy) is 2. The molecule has 0 bridgehead atoms. The highest BCUT2D eigenvalue weighted by atomic mass is 16.5. The average Bonchev–Trinajstić information content (AvgIpc) is 3.23. The van der Waals surface area contributed by atoms with Crippen LogP contribution in [0.5, 0.6) is 5.75 Å². The molecule has 0 aliphatic rings. The number of hydrogen-bond donors (Lipinski definition) is 1. The second-order valence-corrected chi connectivity index (χ2v) is 7.31. The largest absolute Gasteiger partial charge is 0.495 e. The topological polar surface area (TPSA) is 90.7 Å². The van der Waals surface area contributed by atoms with Crippen molar-refractivity contribution in [3.05, 3.63) is 77.6 Å². The van der Waals surface area contributed by atoms with Crippen LogP contribution >= 0.6 is 0 Å². The molecule has 0 aliphatic carbocycles. The lowest BCUT2D eigenvalue weighted by atomic mass is 10.1. The molecule has 0 aliphatic heterocycles. The number of methoxy groups -OCH3 is 1. The fourth-order valence-corrected chi connectivity index (χ4v) is 3.36. The molecule has 1 amide bonds. The summed E-state index contributed by atoms with van der Waals surface area (Å²) in [4.78, 5) is 29.9. The van der Waals surface area contributed by atoms with Crippen LogP contribution in [0.3, 0.4) is 0 Å². The number of aromatic nitrogens is 1. The molecule has 2 aromatic carbocycles.